The quantitative estimate of drug-likeness (QED) is 0.230. The predicted octanol–water partition coefficient (Wildman–Crippen LogP) is 6.60. The number of hydrogen-bond donors (Lipinski definition) is 2. The number of imidazole rings is 1. The Morgan fingerprint density at radius 3 is 2.72 bits per heavy atom. The van der Waals surface area contributed by atoms with Gasteiger partial charge in [0.1, 0.15) is 11.4 Å². The molecule has 1 fully saturated rings. The molecule has 1 aliphatic rings. The predicted molar refractivity (Wildman–Crippen MR) is 151 cm³/mol. The van der Waals surface area contributed by atoms with Crippen molar-refractivity contribution in [2.45, 2.75) is 45.1 Å². The molecule has 194 valence electrons. The molecule has 0 amide bonds. The highest BCUT2D eigenvalue weighted by molar-refractivity contribution is 7.17. The lowest BCUT2D eigenvalue weighted by Crippen LogP contribution is -2.19. The number of H-pyrrole nitrogens is 2. The number of ketones is 1. The molecule has 6 heterocycles. The van der Waals surface area contributed by atoms with Crippen molar-refractivity contribution < 1.29 is 9.53 Å². The highest BCUT2D eigenvalue weighted by Crippen LogP contribution is 2.35. The van der Waals surface area contributed by atoms with E-state index in [4.69, 9.17) is 9.72 Å². The van der Waals surface area contributed by atoms with E-state index in [2.05, 4.69) is 30.1 Å². The van der Waals surface area contributed by atoms with E-state index < -0.39 is 0 Å². The molecule has 10 heteroatoms. The zero-order chi connectivity index (χ0) is 26.3. The largest absolute Gasteiger partial charge is 0.489 e. The zero-order valence-corrected chi connectivity index (χ0v) is 22.1. The van der Waals surface area contributed by atoms with Gasteiger partial charge in [0, 0.05) is 40.2 Å². The summed E-state index contributed by atoms with van der Waals surface area (Å²) in [4.78, 5) is 35.2. The average Bonchev–Trinajstić information content (AvgIpc) is 3.71. The van der Waals surface area contributed by atoms with Gasteiger partial charge < -0.3 is 9.72 Å². The van der Waals surface area contributed by atoms with Crippen LogP contribution in [0.1, 0.15) is 48.7 Å². The monoisotopic (exact) mass is 535 g/mol. The van der Waals surface area contributed by atoms with Gasteiger partial charge in [-0.05, 0) is 62.9 Å². The lowest BCUT2D eigenvalue weighted by molar-refractivity contribution is 0.102. The summed E-state index contributed by atoms with van der Waals surface area (Å²) in [6.45, 7) is 1.58. The third-order valence-electron chi connectivity index (χ3n) is 7.16. The Morgan fingerprint density at radius 2 is 1.87 bits per heavy atom. The molecule has 0 aromatic carbocycles. The van der Waals surface area contributed by atoms with Crippen molar-refractivity contribution in [1.82, 2.24) is 35.1 Å². The Hall–Kier alpha value is -4.44. The second-order valence-corrected chi connectivity index (χ2v) is 10.9. The van der Waals surface area contributed by atoms with E-state index in [-0.39, 0.29) is 11.9 Å². The number of Topliss-reactive ketones (excluding diaryl/α,β-unsaturated/α-hetero) is 1. The number of carbonyl (C=O) groups is 1. The smallest absolute Gasteiger partial charge is 0.181 e. The number of fused-ring (bicyclic) bond motifs is 2. The number of ether oxygens (including phenoxy) is 1. The molecular weight excluding hydrogens is 510 g/mol. The fraction of sp³-hybridized carbons (Fsp3) is 0.241. The minimum atomic E-state index is 0.0513. The van der Waals surface area contributed by atoms with Crippen molar-refractivity contribution in [1.29, 1.82) is 0 Å². The second-order valence-electron chi connectivity index (χ2n) is 9.84. The molecule has 7 rings (SSSR count). The summed E-state index contributed by atoms with van der Waals surface area (Å²) in [6, 6.07) is 9.81. The SMILES string of the molecule is CC(=O)c1ccc(-c2ccnc3nc(-c4[nH]nc5ncc(-c6cncc(OC7CCCCC7)c6)cc45)[nH]c23)s1. The van der Waals surface area contributed by atoms with Gasteiger partial charge in [-0.15, -0.1) is 11.3 Å². The number of thiophene rings is 1. The Morgan fingerprint density at radius 1 is 1.00 bits per heavy atom. The normalized spacial score (nSPS) is 14.3. The molecular formula is C29H25N7O2S. The molecule has 2 N–H and O–H groups in total. The number of hydrogen-bond acceptors (Lipinski definition) is 8. The molecule has 1 saturated carbocycles. The van der Waals surface area contributed by atoms with E-state index in [1.54, 1.807) is 25.5 Å². The van der Waals surface area contributed by atoms with E-state index in [9.17, 15) is 4.79 Å². The van der Waals surface area contributed by atoms with Crippen molar-refractivity contribution in [3.05, 3.63) is 60.0 Å². The first kappa shape index (κ1) is 23.7. The van der Waals surface area contributed by atoms with Gasteiger partial charge in [0.05, 0.1) is 28.1 Å². The molecule has 0 saturated heterocycles. The van der Waals surface area contributed by atoms with Crippen molar-refractivity contribution in [3.8, 4) is 38.8 Å². The first-order chi connectivity index (χ1) is 19.1. The van der Waals surface area contributed by atoms with Crippen LogP contribution < -0.4 is 4.74 Å². The van der Waals surface area contributed by atoms with Gasteiger partial charge in [0.25, 0.3) is 0 Å². The molecule has 0 unspecified atom stereocenters. The van der Waals surface area contributed by atoms with Gasteiger partial charge in [0.2, 0.25) is 0 Å². The van der Waals surface area contributed by atoms with Crippen LogP contribution in [-0.2, 0) is 0 Å². The third-order valence-corrected chi connectivity index (χ3v) is 8.38. The molecule has 0 atom stereocenters. The maximum absolute atomic E-state index is 11.8. The van der Waals surface area contributed by atoms with E-state index in [0.717, 1.165) is 61.6 Å². The number of rotatable bonds is 6. The Balaban J connectivity index is 1.25. The van der Waals surface area contributed by atoms with Gasteiger partial charge in [0.15, 0.2) is 22.9 Å². The average molecular weight is 536 g/mol. The van der Waals surface area contributed by atoms with Crippen LogP contribution >= 0.6 is 11.3 Å². The zero-order valence-electron chi connectivity index (χ0n) is 21.3. The van der Waals surface area contributed by atoms with E-state index >= 15 is 0 Å². The summed E-state index contributed by atoms with van der Waals surface area (Å²) in [6.07, 6.45) is 13.3. The summed E-state index contributed by atoms with van der Waals surface area (Å²) < 4.78 is 6.24. The third kappa shape index (κ3) is 4.46. The highest BCUT2D eigenvalue weighted by atomic mass is 32.1. The Kier molecular flexibility index (Phi) is 5.89. The van der Waals surface area contributed by atoms with Crippen molar-refractivity contribution in [3.63, 3.8) is 0 Å². The molecule has 0 radical (unpaired) electrons. The maximum Gasteiger partial charge on any atom is 0.181 e. The molecule has 0 spiro atoms. The standard InChI is InChI=1S/C29H25N7O2S/c1-16(37)23-7-8-24(39-23)21-9-10-31-28-25(21)33-29(34-28)26-22-12-18(14-32-27(22)36-35-26)17-11-20(15-30-13-17)38-19-5-3-2-4-6-19/h7-15,19H,2-6H2,1H3,(H,31,33,34)(H,32,35,36). The Labute approximate surface area is 227 Å². The van der Waals surface area contributed by atoms with Crippen molar-refractivity contribution in [2.75, 3.05) is 0 Å². The van der Waals surface area contributed by atoms with Crippen molar-refractivity contribution in [2.24, 2.45) is 0 Å². The number of carbonyl (C=O) groups excluding carboxylic acids is 1. The Bertz CT molecular complexity index is 1830. The first-order valence-corrected chi connectivity index (χ1v) is 13.9. The summed E-state index contributed by atoms with van der Waals surface area (Å²) >= 11 is 1.46. The number of aromatic amines is 2. The van der Waals surface area contributed by atoms with E-state index in [1.807, 2.05) is 36.5 Å². The lowest BCUT2D eigenvalue weighted by atomic mass is 9.98. The molecule has 6 aromatic rings. The second kappa shape index (κ2) is 9.70. The molecule has 6 aromatic heterocycles. The van der Waals surface area contributed by atoms with Crippen molar-refractivity contribution >= 4 is 39.3 Å². The summed E-state index contributed by atoms with van der Waals surface area (Å²) in [5, 5.41) is 8.34. The maximum atomic E-state index is 11.8. The number of nitrogens with one attached hydrogen (secondary N) is 2. The molecule has 39 heavy (non-hydrogen) atoms. The van der Waals surface area contributed by atoms with E-state index in [1.165, 1.54) is 30.6 Å². The minimum absolute atomic E-state index is 0.0513. The van der Waals surface area contributed by atoms with E-state index in [0.29, 0.717) is 17.1 Å². The van der Waals surface area contributed by atoms with Crippen LogP contribution in [0.4, 0.5) is 0 Å². The number of aromatic nitrogens is 7. The van der Waals surface area contributed by atoms with Crippen LogP contribution in [0.25, 0.3) is 55.3 Å². The van der Waals surface area contributed by atoms with Crippen LogP contribution in [0, 0.1) is 0 Å². The first-order valence-electron chi connectivity index (χ1n) is 13.0. The fourth-order valence-corrected chi connectivity index (χ4v) is 6.09. The van der Waals surface area contributed by atoms with Crippen LogP contribution in [0.15, 0.2) is 55.1 Å². The van der Waals surface area contributed by atoms with Crippen LogP contribution in [-0.4, -0.2) is 47.0 Å². The number of pyridine rings is 3. The van der Waals surface area contributed by atoms with Crippen LogP contribution in [0.5, 0.6) is 5.75 Å². The minimum Gasteiger partial charge on any atom is -0.489 e. The van der Waals surface area contributed by atoms with Crippen LogP contribution in [0.2, 0.25) is 0 Å². The molecule has 1 aliphatic carbocycles. The lowest BCUT2D eigenvalue weighted by Gasteiger charge is -2.23. The highest BCUT2D eigenvalue weighted by Gasteiger charge is 2.19. The van der Waals surface area contributed by atoms with Gasteiger partial charge in [-0.2, -0.15) is 5.10 Å². The van der Waals surface area contributed by atoms with Gasteiger partial charge >= 0.3 is 0 Å². The van der Waals surface area contributed by atoms with Gasteiger partial charge in [-0.3, -0.25) is 14.9 Å². The van der Waals surface area contributed by atoms with Gasteiger partial charge in [-0.1, -0.05) is 6.42 Å². The summed E-state index contributed by atoms with van der Waals surface area (Å²) in [5.74, 6) is 1.45. The number of nitrogens with zero attached hydrogens (tertiary/aromatic N) is 5. The van der Waals surface area contributed by atoms with Gasteiger partial charge in [-0.25, -0.2) is 15.0 Å². The summed E-state index contributed by atoms with van der Waals surface area (Å²) in [5.41, 5.74) is 5.49. The topological polar surface area (TPSA) is 122 Å². The molecule has 9 nitrogen and oxygen atoms in total. The van der Waals surface area contributed by atoms with Crippen LogP contribution in [0.3, 0.4) is 0 Å². The summed E-state index contributed by atoms with van der Waals surface area (Å²) in [7, 11) is 0. The fourth-order valence-electron chi connectivity index (χ4n) is 5.16. The molecule has 0 aliphatic heterocycles. The molecule has 0 bridgehead atoms.